The molecule has 0 amide bonds. The molecule has 0 saturated heterocycles. The number of thiophene rings is 1. The molecular formula is C16H15N3O3S3. The van der Waals surface area contributed by atoms with Gasteiger partial charge in [-0.1, -0.05) is 6.07 Å². The van der Waals surface area contributed by atoms with Gasteiger partial charge in [0.1, 0.15) is 12.4 Å². The molecule has 0 spiro atoms. The molecule has 25 heavy (non-hydrogen) atoms. The molecule has 6 nitrogen and oxygen atoms in total. The lowest BCUT2D eigenvalue weighted by Crippen LogP contribution is -2.29. The number of anilines is 2. The lowest BCUT2D eigenvalue weighted by molar-refractivity contribution is 0.311. The molecule has 130 valence electrons. The van der Waals surface area contributed by atoms with Crippen LogP contribution in [-0.4, -0.2) is 33.6 Å². The second-order valence-corrected chi connectivity index (χ2v) is 9.01. The molecule has 3 heterocycles. The normalized spacial score (nSPS) is 14.0. The number of nitrogens with one attached hydrogen (secondary N) is 1. The van der Waals surface area contributed by atoms with E-state index in [1.165, 1.54) is 11.3 Å². The van der Waals surface area contributed by atoms with Crippen LogP contribution in [0.1, 0.15) is 0 Å². The number of hydrogen-bond acceptors (Lipinski definition) is 7. The molecular weight excluding hydrogens is 378 g/mol. The van der Waals surface area contributed by atoms with Gasteiger partial charge in [-0.3, -0.25) is 4.72 Å². The highest BCUT2D eigenvalue weighted by Crippen LogP contribution is 2.34. The van der Waals surface area contributed by atoms with Crippen LogP contribution in [0.2, 0.25) is 0 Å². The highest BCUT2D eigenvalue weighted by Gasteiger charge is 2.22. The minimum Gasteiger partial charge on any atom is -0.490 e. The molecule has 0 fully saturated rings. The van der Waals surface area contributed by atoms with E-state index in [1.807, 2.05) is 34.8 Å². The Morgan fingerprint density at radius 1 is 1.28 bits per heavy atom. The van der Waals surface area contributed by atoms with Crippen molar-refractivity contribution in [2.24, 2.45) is 0 Å². The van der Waals surface area contributed by atoms with Crippen molar-refractivity contribution in [1.29, 1.82) is 0 Å². The molecule has 1 aliphatic heterocycles. The van der Waals surface area contributed by atoms with Crippen LogP contribution in [0.4, 0.5) is 10.8 Å². The average molecular weight is 394 g/mol. The molecule has 0 aliphatic carbocycles. The van der Waals surface area contributed by atoms with E-state index < -0.39 is 10.0 Å². The fourth-order valence-corrected chi connectivity index (χ4v) is 5.27. The maximum absolute atomic E-state index is 12.7. The number of aromatic nitrogens is 1. The molecule has 0 radical (unpaired) electrons. The van der Waals surface area contributed by atoms with Crippen LogP contribution < -0.4 is 14.4 Å². The quantitative estimate of drug-likeness (QED) is 0.735. The number of nitrogens with zero attached hydrogens (tertiary/aromatic N) is 2. The summed E-state index contributed by atoms with van der Waals surface area (Å²) in [6, 6.07) is 8.77. The molecule has 1 aromatic carbocycles. The number of benzene rings is 1. The lowest BCUT2D eigenvalue weighted by Gasteiger charge is -2.27. The molecule has 0 bridgehead atoms. The Morgan fingerprint density at radius 3 is 2.96 bits per heavy atom. The third-order valence-corrected chi connectivity index (χ3v) is 6.95. The van der Waals surface area contributed by atoms with Gasteiger partial charge in [-0.15, -0.1) is 22.7 Å². The molecule has 4 rings (SSSR count). The van der Waals surface area contributed by atoms with Gasteiger partial charge >= 0.3 is 0 Å². The van der Waals surface area contributed by atoms with Crippen molar-refractivity contribution in [3.8, 4) is 16.3 Å². The monoisotopic (exact) mass is 393 g/mol. The zero-order chi connectivity index (χ0) is 17.4. The largest absolute Gasteiger partial charge is 0.490 e. The van der Waals surface area contributed by atoms with E-state index in [-0.39, 0.29) is 4.90 Å². The Kier molecular flexibility index (Phi) is 4.14. The summed E-state index contributed by atoms with van der Waals surface area (Å²) < 4.78 is 33.5. The summed E-state index contributed by atoms with van der Waals surface area (Å²) in [6.07, 6.45) is 0. The van der Waals surface area contributed by atoms with Crippen molar-refractivity contribution >= 4 is 43.5 Å². The minimum absolute atomic E-state index is 0.191. The van der Waals surface area contributed by atoms with Crippen molar-refractivity contribution in [2.45, 2.75) is 4.90 Å². The summed E-state index contributed by atoms with van der Waals surface area (Å²) in [5, 5.41) is 4.16. The number of hydrogen-bond donors (Lipinski definition) is 1. The highest BCUT2D eigenvalue weighted by molar-refractivity contribution is 7.93. The Balaban J connectivity index is 1.61. The number of fused-ring (bicyclic) bond motifs is 1. The number of sulfonamides is 1. The van der Waals surface area contributed by atoms with Gasteiger partial charge < -0.3 is 9.64 Å². The third kappa shape index (κ3) is 3.22. The van der Waals surface area contributed by atoms with Crippen LogP contribution in [0.25, 0.3) is 10.6 Å². The summed E-state index contributed by atoms with van der Waals surface area (Å²) in [4.78, 5) is 7.55. The first-order valence-electron chi connectivity index (χ1n) is 7.53. The van der Waals surface area contributed by atoms with Crippen molar-refractivity contribution < 1.29 is 13.2 Å². The summed E-state index contributed by atoms with van der Waals surface area (Å²) in [6.45, 7) is 1.32. The Hall–Kier alpha value is -2.10. The smallest absolute Gasteiger partial charge is 0.263 e. The van der Waals surface area contributed by atoms with E-state index >= 15 is 0 Å². The topological polar surface area (TPSA) is 71.5 Å². The molecule has 0 atom stereocenters. The van der Waals surface area contributed by atoms with Crippen LogP contribution in [0.3, 0.4) is 0 Å². The van der Waals surface area contributed by atoms with Gasteiger partial charge in [-0.2, -0.15) is 0 Å². The Morgan fingerprint density at radius 2 is 2.16 bits per heavy atom. The molecule has 0 unspecified atom stereocenters. The van der Waals surface area contributed by atoms with Gasteiger partial charge in [0.15, 0.2) is 5.13 Å². The van der Waals surface area contributed by atoms with Crippen LogP contribution >= 0.6 is 22.7 Å². The van der Waals surface area contributed by atoms with E-state index in [4.69, 9.17) is 4.74 Å². The van der Waals surface area contributed by atoms with Crippen LogP contribution in [0.5, 0.6) is 5.75 Å². The van der Waals surface area contributed by atoms with E-state index in [0.29, 0.717) is 17.5 Å². The molecule has 3 aromatic rings. The Bertz CT molecular complexity index is 997. The number of thiazole rings is 1. The standard InChI is InChI=1S/C16H15N3O3S3/c1-19-6-7-22-14-5-4-11(9-13(14)19)25(20,21)18-16-17-12(10-24-16)15-3-2-8-23-15/h2-5,8-10H,6-7H2,1H3,(H,17,18). The zero-order valence-electron chi connectivity index (χ0n) is 13.3. The van der Waals surface area contributed by atoms with Gasteiger partial charge in [0.25, 0.3) is 10.0 Å². The first-order valence-corrected chi connectivity index (χ1v) is 10.8. The van der Waals surface area contributed by atoms with E-state index in [1.54, 1.807) is 29.5 Å². The van der Waals surface area contributed by atoms with Crippen LogP contribution in [0, 0.1) is 0 Å². The van der Waals surface area contributed by atoms with Gasteiger partial charge in [-0.05, 0) is 29.6 Å². The maximum atomic E-state index is 12.7. The number of likely N-dealkylation sites (N-methyl/N-ethyl adjacent to an activating group) is 1. The van der Waals surface area contributed by atoms with E-state index in [2.05, 4.69) is 9.71 Å². The van der Waals surface area contributed by atoms with Gasteiger partial charge in [0, 0.05) is 12.4 Å². The SMILES string of the molecule is CN1CCOc2ccc(S(=O)(=O)Nc3nc(-c4cccs4)cs3)cc21. The Labute approximate surface area is 153 Å². The summed E-state index contributed by atoms with van der Waals surface area (Å²) >= 11 is 2.84. The minimum atomic E-state index is -3.71. The first kappa shape index (κ1) is 16.4. The molecule has 0 saturated carbocycles. The van der Waals surface area contributed by atoms with Crippen molar-refractivity contribution in [3.05, 3.63) is 41.1 Å². The summed E-state index contributed by atoms with van der Waals surface area (Å²) in [5.74, 6) is 0.696. The fraction of sp³-hybridized carbons (Fsp3) is 0.188. The van der Waals surface area contributed by atoms with Crippen molar-refractivity contribution in [2.75, 3.05) is 29.8 Å². The van der Waals surface area contributed by atoms with E-state index in [9.17, 15) is 8.42 Å². The van der Waals surface area contributed by atoms with Gasteiger partial charge in [0.05, 0.1) is 27.7 Å². The predicted octanol–water partition coefficient (Wildman–Crippen LogP) is 3.50. The third-order valence-electron chi connectivity index (χ3n) is 3.84. The number of ether oxygens (including phenoxy) is 1. The van der Waals surface area contributed by atoms with E-state index in [0.717, 1.165) is 22.8 Å². The van der Waals surface area contributed by atoms with Gasteiger partial charge in [0.2, 0.25) is 0 Å². The molecule has 9 heteroatoms. The fourth-order valence-electron chi connectivity index (χ4n) is 2.53. The molecule has 1 N–H and O–H groups in total. The summed E-state index contributed by atoms with van der Waals surface area (Å²) in [5.41, 5.74) is 1.55. The average Bonchev–Trinajstić information content (AvgIpc) is 3.26. The predicted molar refractivity (Wildman–Crippen MR) is 101 cm³/mol. The lowest BCUT2D eigenvalue weighted by atomic mass is 10.2. The van der Waals surface area contributed by atoms with Gasteiger partial charge in [-0.25, -0.2) is 13.4 Å². The molecule has 1 aliphatic rings. The molecule has 2 aromatic heterocycles. The maximum Gasteiger partial charge on any atom is 0.263 e. The zero-order valence-corrected chi connectivity index (χ0v) is 15.7. The van der Waals surface area contributed by atoms with Crippen molar-refractivity contribution in [1.82, 2.24) is 4.98 Å². The highest BCUT2D eigenvalue weighted by atomic mass is 32.2. The second-order valence-electron chi connectivity index (χ2n) is 5.52. The second kappa shape index (κ2) is 6.32. The van der Waals surface area contributed by atoms with Crippen molar-refractivity contribution in [3.63, 3.8) is 0 Å². The van der Waals surface area contributed by atoms with Crippen LogP contribution in [-0.2, 0) is 10.0 Å². The first-order chi connectivity index (χ1) is 12.0. The summed E-state index contributed by atoms with van der Waals surface area (Å²) in [7, 11) is -1.79. The van der Waals surface area contributed by atoms with Crippen LogP contribution in [0.15, 0.2) is 46.0 Å². The number of rotatable bonds is 4.